The molecule has 0 aromatic heterocycles. The van der Waals surface area contributed by atoms with Gasteiger partial charge in [0.1, 0.15) is 6.61 Å². The van der Waals surface area contributed by atoms with Gasteiger partial charge in [-0.1, -0.05) is 274 Å². The van der Waals surface area contributed by atoms with Crippen LogP contribution in [0.4, 0.5) is 0 Å². The highest BCUT2D eigenvalue weighted by Crippen LogP contribution is 2.15. The Morgan fingerprint density at radius 1 is 0.303 bits per heavy atom. The molecule has 1 unspecified atom stereocenters. The maximum Gasteiger partial charge on any atom is 0.306 e. The first-order valence-corrected chi connectivity index (χ1v) is 30.7. The van der Waals surface area contributed by atoms with Crippen LogP contribution in [0.3, 0.4) is 0 Å². The molecule has 1 N–H and O–H groups in total. The number of carbonyl (C=O) groups excluding carboxylic acids is 2. The number of rotatable bonds is 54. The highest BCUT2D eigenvalue weighted by atomic mass is 16.6. The maximum absolute atomic E-state index is 12.3. The van der Waals surface area contributed by atoms with Crippen LogP contribution in [-0.2, 0) is 19.1 Å². The molecule has 0 aliphatic rings. The lowest BCUT2D eigenvalue weighted by Crippen LogP contribution is -2.28. The summed E-state index contributed by atoms with van der Waals surface area (Å²) < 4.78 is 10.7. The second kappa shape index (κ2) is 64.5. The summed E-state index contributed by atoms with van der Waals surface area (Å²) in [5, 5.41) is 9.67. The SMILES string of the molecule is CC/C=C\C/C=C\C/C=C\C/C=C\C/C=C\C/C=C\C/C=C\C/C=C\C/C=C\C/C=C\CCCCCCC(=O)OC(CO)COC(=O)CCCCCCCCCCCCCCCC/C=C\C/C=C\C/C=C\C/C=C\CC. The van der Waals surface area contributed by atoms with Gasteiger partial charge < -0.3 is 14.6 Å². The Balaban J connectivity index is 3.63. The number of aliphatic hydroxyl groups excluding tert-OH is 1. The van der Waals surface area contributed by atoms with E-state index in [2.05, 4.69) is 184 Å². The van der Waals surface area contributed by atoms with E-state index in [1.165, 1.54) is 77.0 Å². The van der Waals surface area contributed by atoms with E-state index >= 15 is 0 Å². The first kappa shape index (κ1) is 71.3. The van der Waals surface area contributed by atoms with Crippen molar-refractivity contribution in [2.45, 2.75) is 251 Å². The largest absolute Gasteiger partial charge is 0.462 e. The van der Waals surface area contributed by atoms with E-state index in [1.807, 2.05) is 0 Å². The molecule has 0 saturated heterocycles. The van der Waals surface area contributed by atoms with Crippen molar-refractivity contribution in [2.24, 2.45) is 0 Å². The molecule has 0 fully saturated rings. The van der Waals surface area contributed by atoms with Gasteiger partial charge in [0.05, 0.1) is 6.61 Å². The minimum atomic E-state index is -0.800. The molecule has 0 heterocycles. The molecule has 0 aromatic rings. The Bertz CT molecular complexity index is 1700. The van der Waals surface area contributed by atoms with E-state index in [9.17, 15) is 14.7 Å². The first-order valence-electron chi connectivity index (χ1n) is 30.7. The van der Waals surface area contributed by atoms with Gasteiger partial charge in [-0.05, 0) is 128 Å². The quantitative estimate of drug-likeness (QED) is 0.0373. The van der Waals surface area contributed by atoms with Gasteiger partial charge in [0.15, 0.2) is 6.10 Å². The van der Waals surface area contributed by atoms with Gasteiger partial charge in [-0.3, -0.25) is 9.59 Å². The zero-order chi connectivity index (χ0) is 54.8. The third-order valence-electron chi connectivity index (χ3n) is 12.5. The van der Waals surface area contributed by atoms with Crippen LogP contribution in [-0.4, -0.2) is 36.4 Å². The van der Waals surface area contributed by atoms with Gasteiger partial charge in [-0.25, -0.2) is 0 Å². The molecule has 0 saturated carbocycles. The van der Waals surface area contributed by atoms with Crippen LogP contribution < -0.4 is 0 Å². The Kier molecular flexibility index (Phi) is 60.5. The number of esters is 2. The topological polar surface area (TPSA) is 72.8 Å². The minimum Gasteiger partial charge on any atom is -0.462 e. The van der Waals surface area contributed by atoms with Crippen LogP contribution in [0.1, 0.15) is 245 Å². The van der Waals surface area contributed by atoms with Crippen molar-refractivity contribution in [1.29, 1.82) is 0 Å². The maximum atomic E-state index is 12.3. The van der Waals surface area contributed by atoms with Crippen LogP contribution >= 0.6 is 0 Å². The molecular formula is C71H112O5. The van der Waals surface area contributed by atoms with Crippen LogP contribution in [0.2, 0.25) is 0 Å². The van der Waals surface area contributed by atoms with E-state index in [0.717, 1.165) is 141 Å². The number of aliphatic hydroxyl groups is 1. The monoisotopic (exact) mass is 1040 g/mol. The van der Waals surface area contributed by atoms with Crippen molar-refractivity contribution in [2.75, 3.05) is 13.2 Å². The van der Waals surface area contributed by atoms with Crippen LogP contribution in [0.25, 0.3) is 0 Å². The molecule has 5 nitrogen and oxygen atoms in total. The van der Waals surface area contributed by atoms with E-state index in [-0.39, 0.29) is 25.2 Å². The molecule has 0 radical (unpaired) electrons. The van der Waals surface area contributed by atoms with Crippen LogP contribution in [0, 0.1) is 0 Å². The van der Waals surface area contributed by atoms with Gasteiger partial charge in [0.25, 0.3) is 0 Å². The standard InChI is InChI=1S/C71H112O5/c1-3-5-7-9-11-13-15-17-19-21-23-25-27-29-31-32-33-34-35-36-37-38-40-42-44-46-48-50-52-54-56-58-60-62-64-66-71(74)76-69(67-72)68-75-70(73)65-63-61-59-57-55-53-51-49-47-45-43-41-39-30-28-26-24-22-20-18-16-14-12-10-8-6-4-2/h5-8,11-14,17-20,23-26,29,31,33-34,36-37,40,42,46,48,52,54,69,72H,3-4,9-10,15-16,21-22,27-28,30,32,35,38-39,41,43-45,47,49-51,53,55-68H2,1-2H3/b7-5-,8-6-,13-11-,14-12-,19-17-,20-18-,25-23-,26-24-,31-29-,34-33-,37-36-,42-40-,48-46-,54-52-. The number of carbonyl (C=O) groups is 2. The normalized spacial score (nSPS) is 13.5. The Morgan fingerprint density at radius 2 is 0.526 bits per heavy atom. The van der Waals surface area contributed by atoms with Gasteiger partial charge in [0, 0.05) is 12.8 Å². The summed E-state index contributed by atoms with van der Waals surface area (Å²) in [6.07, 6.45) is 100. The third kappa shape index (κ3) is 61.8. The van der Waals surface area contributed by atoms with Crippen LogP contribution in [0.15, 0.2) is 170 Å². The molecule has 0 amide bonds. The highest BCUT2D eigenvalue weighted by Gasteiger charge is 2.16. The van der Waals surface area contributed by atoms with Gasteiger partial charge in [0.2, 0.25) is 0 Å². The summed E-state index contributed by atoms with van der Waals surface area (Å²) in [5.41, 5.74) is 0. The average molecular weight is 1050 g/mol. The van der Waals surface area contributed by atoms with E-state index in [0.29, 0.717) is 12.8 Å². The third-order valence-corrected chi connectivity index (χ3v) is 12.5. The molecular weight excluding hydrogens is 933 g/mol. The summed E-state index contributed by atoms with van der Waals surface area (Å²) in [7, 11) is 0. The fraction of sp³-hybridized carbons (Fsp3) is 0.577. The predicted molar refractivity (Wildman–Crippen MR) is 333 cm³/mol. The summed E-state index contributed by atoms with van der Waals surface area (Å²) in [4.78, 5) is 24.6. The molecule has 76 heavy (non-hydrogen) atoms. The smallest absolute Gasteiger partial charge is 0.306 e. The molecule has 5 heteroatoms. The summed E-state index contributed by atoms with van der Waals surface area (Å²) in [5.74, 6) is -0.629. The van der Waals surface area contributed by atoms with Gasteiger partial charge in [-0.2, -0.15) is 0 Å². The lowest BCUT2D eigenvalue weighted by Gasteiger charge is -2.15. The zero-order valence-corrected chi connectivity index (χ0v) is 48.7. The Labute approximate surface area is 468 Å². The number of allylic oxidation sites excluding steroid dienone is 28. The molecule has 0 spiro atoms. The molecule has 1 atom stereocenters. The fourth-order valence-corrected chi connectivity index (χ4v) is 7.99. The summed E-state index contributed by atoms with van der Waals surface area (Å²) in [6, 6.07) is 0. The van der Waals surface area contributed by atoms with E-state index in [4.69, 9.17) is 9.47 Å². The highest BCUT2D eigenvalue weighted by molar-refractivity contribution is 5.70. The number of ether oxygens (including phenoxy) is 2. The average Bonchev–Trinajstić information content (AvgIpc) is 3.42. The predicted octanol–water partition coefficient (Wildman–Crippen LogP) is 21.3. The van der Waals surface area contributed by atoms with Crippen molar-refractivity contribution >= 4 is 11.9 Å². The van der Waals surface area contributed by atoms with Crippen molar-refractivity contribution in [1.82, 2.24) is 0 Å². The van der Waals surface area contributed by atoms with Crippen molar-refractivity contribution in [3.05, 3.63) is 170 Å². The molecule has 0 rings (SSSR count). The van der Waals surface area contributed by atoms with Crippen LogP contribution in [0.5, 0.6) is 0 Å². The lowest BCUT2D eigenvalue weighted by atomic mass is 10.0. The molecule has 0 aliphatic carbocycles. The molecule has 426 valence electrons. The summed E-state index contributed by atoms with van der Waals surface area (Å²) >= 11 is 0. The second-order valence-corrected chi connectivity index (χ2v) is 19.7. The number of unbranched alkanes of at least 4 members (excludes halogenated alkanes) is 18. The first-order chi connectivity index (χ1) is 37.6. The van der Waals surface area contributed by atoms with Gasteiger partial charge >= 0.3 is 11.9 Å². The van der Waals surface area contributed by atoms with E-state index in [1.54, 1.807) is 0 Å². The number of hydrogen-bond acceptors (Lipinski definition) is 5. The van der Waals surface area contributed by atoms with Crippen molar-refractivity contribution in [3.63, 3.8) is 0 Å². The lowest BCUT2D eigenvalue weighted by molar-refractivity contribution is -0.161. The summed E-state index contributed by atoms with van der Waals surface area (Å²) in [6.45, 7) is 3.89. The number of hydrogen-bond donors (Lipinski definition) is 1. The van der Waals surface area contributed by atoms with Crippen molar-refractivity contribution < 1.29 is 24.2 Å². The fourth-order valence-electron chi connectivity index (χ4n) is 7.99. The Hall–Kier alpha value is -4.74. The Morgan fingerprint density at radius 3 is 0.789 bits per heavy atom. The zero-order valence-electron chi connectivity index (χ0n) is 48.7. The van der Waals surface area contributed by atoms with Crippen molar-refractivity contribution in [3.8, 4) is 0 Å². The van der Waals surface area contributed by atoms with Gasteiger partial charge in [-0.15, -0.1) is 0 Å². The minimum absolute atomic E-state index is 0.0869. The van der Waals surface area contributed by atoms with E-state index < -0.39 is 6.10 Å². The molecule has 0 aliphatic heterocycles. The molecule has 0 aromatic carbocycles. The molecule has 0 bridgehead atoms. The second-order valence-electron chi connectivity index (χ2n) is 19.7.